The highest BCUT2D eigenvalue weighted by atomic mass is 16.4. The summed E-state index contributed by atoms with van der Waals surface area (Å²) in [5, 5.41) is 14.3. The second-order valence-corrected chi connectivity index (χ2v) is 6.71. The summed E-state index contributed by atoms with van der Waals surface area (Å²) in [5.74, 6) is -1.53. The maximum Gasteiger partial charge on any atom is 0.339 e. The minimum absolute atomic E-state index is 0.00751. The Morgan fingerprint density at radius 1 is 1.25 bits per heavy atom. The van der Waals surface area contributed by atoms with E-state index < -0.39 is 17.4 Å². The minimum Gasteiger partial charge on any atom is -0.478 e. The van der Waals surface area contributed by atoms with E-state index >= 15 is 0 Å². The Bertz CT molecular complexity index is 641. The number of nitrogens with zero attached hydrogens (tertiary/aromatic N) is 1. The zero-order valence-electron chi connectivity index (χ0n) is 14.3. The van der Waals surface area contributed by atoms with Crippen molar-refractivity contribution in [3.05, 3.63) is 18.0 Å². The fourth-order valence-electron chi connectivity index (χ4n) is 2.18. The average molecular weight is 336 g/mol. The lowest BCUT2D eigenvalue weighted by molar-refractivity contribution is -0.124. The summed E-state index contributed by atoms with van der Waals surface area (Å²) in [6, 6.07) is 0. The molecule has 24 heavy (non-hydrogen) atoms. The lowest BCUT2D eigenvalue weighted by Gasteiger charge is -2.26. The van der Waals surface area contributed by atoms with Gasteiger partial charge < -0.3 is 21.5 Å². The van der Waals surface area contributed by atoms with E-state index in [1.807, 2.05) is 13.8 Å². The molecule has 0 aliphatic rings. The molecule has 0 spiro atoms. The summed E-state index contributed by atoms with van der Waals surface area (Å²) < 4.78 is 0. The maximum absolute atomic E-state index is 12.2. The Kier molecular flexibility index (Phi) is 6.27. The smallest absolute Gasteiger partial charge is 0.339 e. The summed E-state index contributed by atoms with van der Waals surface area (Å²) in [4.78, 5) is 38.8. The largest absolute Gasteiger partial charge is 0.478 e. The summed E-state index contributed by atoms with van der Waals surface area (Å²) in [6.07, 6.45) is 2.78. The van der Waals surface area contributed by atoms with Crippen molar-refractivity contribution < 1.29 is 19.5 Å². The number of aromatic nitrogens is 1. The molecule has 0 saturated heterocycles. The molecule has 1 heterocycles. The van der Waals surface area contributed by atoms with Crippen molar-refractivity contribution in [2.75, 3.05) is 11.1 Å². The van der Waals surface area contributed by atoms with Gasteiger partial charge in [-0.1, -0.05) is 13.8 Å². The number of nitrogens with one attached hydrogen (secondary N) is 2. The summed E-state index contributed by atoms with van der Waals surface area (Å²) >= 11 is 0. The topological polar surface area (TPSA) is 134 Å². The molecule has 5 N–H and O–H groups in total. The second kappa shape index (κ2) is 7.76. The number of anilines is 2. The molecule has 0 radical (unpaired) electrons. The molecular formula is C16H24N4O4. The van der Waals surface area contributed by atoms with E-state index in [1.54, 1.807) is 13.8 Å². The van der Waals surface area contributed by atoms with Crippen molar-refractivity contribution in [3.63, 3.8) is 0 Å². The molecule has 0 saturated carbocycles. The first-order valence-electron chi connectivity index (χ1n) is 7.59. The molecule has 0 unspecified atom stereocenters. The Morgan fingerprint density at radius 2 is 1.88 bits per heavy atom. The maximum atomic E-state index is 12.2. The quantitative estimate of drug-likeness (QED) is 0.598. The van der Waals surface area contributed by atoms with Crippen LogP contribution in [0.2, 0.25) is 0 Å². The molecule has 0 aromatic carbocycles. The average Bonchev–Trinajstić information content (AvgIpc) is 2.37. The molecule has 0 fully saturated rings. The molecule has 132 valence electrons. The van der Waals surface area contributed by atoms with Crippen LogP contribution in [-0.2, 0) is 9.59 Å². The summed E-state index contributed by atoms with van der Waals surface area (Å²) in [7, 11) is 0. The van der Waals surface area contributed by atoms with E-state index in [1.165, 1.54) is 6.20 Å². The van der Waals surface area contributed by atoms with Crippen molar-refractivity contribution in [1.82, 2.24) is 10.3 Å². The minimum atomic E-state index is -1.22. The molecule has 8 heteroatoms. The lowest BCUT2D eigenvalue weighted by Crippen LogP contribution is -2.46. The summed E-state index contributed by atoms with van der Waals surface area (Å²) in [5.41, 5.74) is 4.86. The lowest BCUT2D eigenvalue weighted by atomic mass is 9.99. The fraction of sp³-hybridized carbons (Fsp3) is 0.500. The van der Waals surface area contributed by atoms with Crippen LogP contribution in [0.5, 0.6) is 0 Å². The first-order chi connectivity index (χ1) is 11.0. The van der Waals surface area contributed by atoms with Gasteiger partial charge in [-0.05, 0) is 19.8 Å². The molecule has 0 bridgehead atoms. The van der Waals surface area contributed by atoms with Gasteiger partial charge in [0.1, 0.15) is 5.56 Å². The van der Waals surface area contributed by atoms with E-state index in [0.717, 1.165) is 6.20 Å². The zero-order chi connectivity index (χ0) is 18.5. The molecule has 1 aromatic rings. The number of hydrogen-bond donors (Lipinski definition) is 4. The van der Waals surface area contributed by atoms with Gasteiger partial charge in [0.2, 0.25) is 11.8 Å². The number of carbonyl (C=O) groups excluding carboxylic acids is 2. The molecule has 0 atom stereocenters. The molecule has 8 nitrogen and oxygen atoms in total. The number of hydrogen-bond acceptors (Lipinski definition) is 5. The van der Waals surface area contributed by atoms with Gasteiger partial charge in [-0.3, -0.25) is 14.6 Å². The molecular weight excluding hydrogens is 312 g/mol. The van der Waals surface area contributed by atoms with Crippen molar-refractivity contribution in [1.29, 1.82) is 0 Å². The highest BCUT2D eigenvalue weighted by Gasteiger charge is 2.25. The standard InChI is InChI=1S/C16H24N4O4/c1-9(2)5-12(21)20-16(3,4)6-13(22)19-11-8-18-7-10(14(11)17)15(23)24/h7-9H,5-6H2,1-4H3,(H2,17,18)(H,19,22)(H,20,21)(H,23,24). The van der Waals surface area contributed by atoms with E-state index in [0.29, 0.717) is 6.42 Å². The third-order valence-electron chi connectivity index (χ3n) is 3.17. The molecule has 0 aliphatic heterocycles. The van der Waals surface area contributed by atoms with Crippen LogP contribution in [0.4, 0.5) is 11.4 Å². The summed E-state index contributed by atoms with van der Waals surface area (Å²) in [6.45, 7) is 7.34. The Balaban J connectivity index is 2.74. The zero-order valence-corrected chi connectivity index (χ0v) is 14.3. The van der Waals surface area contributed by atoms with Gasteiger partial charge in [-0.2, -0.15) is 0 Å². The van der Waals surface area contributed by atoms with E-state index in [9.17, 15) is 14.4 Å². The van der Waals surface area contributed by atoms with Gasteiger partial charge in [0.05, 0.1) is 17.6 Å². The Hall–Kier alpha value is -2.64. The number of carboxylic acids is 1. The molecule has 1 aromatic heterocycles. The number of nitrogens with two attached hydrogens (primary N) is 1. The van der Waals surface area contributed by atoms with Gasteiger partial charge >= 0.3 is 5.97 Å². The van der Waals surface area contributed by atoms with Crippen LogP contribution >= 0.6 is 0 Å². The first-order valence-corrected chi connectivity index (χ1v) is 7.59. The van der Waals surface area contributed by atoms with Crippen molar-refractivity contribution in [2.45, 2.75) is 46.1 Å². The van der Waals surface area contributed by atoms with Crippen LogP contribution in [0.15, 0.2) is 12.4 Å². The molecule has 0 aliphatic carbocycles. The van der Waals surface area contributed by atoms with Crippen LogP contribution in [0.3, 0.4) is 0 Å². The third kappa shape index (κ3) is 5.86. The normalized spacial score (nSPS) is 11.2. The highest BCUT2D eigenvalue weighted by Crippen LogP contribution is 2.22. The molecule has 2 amide bonds. The van der Waals surface area contributed by atoms with Gasteiger partial charge in [0.15, 0.2) is 0 Å². The van der Waals surface area contributed by atoms with E-state index in [4.69, 9.17) is 10.8 Å². The van der Waals surface area contributed by atoms with Gasteiger partial charge in [0, 0.05) is 24.6 Å². The van der Waals surface area contributed by atoms with Crippen LogP contribution in [0.25, 0.3) is 0 Å². The van der Waals surface area contributed by atoms with Crippen LogP contribution in [0, 0.1) is 5.92 Å². The predicted octanol–water partition coefficient (Wildman–Crippen LogP) is 1.63. The number of aromatic carboxylic acids is 1. The van der Waals surface area contributed by atoms with E-state index in [2.05, 4.69) is 15.6 Å². The van der Waals surface area contributed by atoms with Crippen molar-refractivity contribution in [2.24, 2.45) is 5.92 Å². The van der Waals surface area contributed by atoms with Crippen molar-refractivity contribution in [3.8, 4) is 0 Å². The Morgan fingerprint density at radius 3 is 2.42 bits per heavy atom. The van der Waals surface area contributed by atoms with Crippen LogP contribution < -0.4 is 16.4 Å². The van der Waals surface area contributed by atoms with Gasteiger partial charge in [-0.25, -0.2) is 4.79 Å². The number of pyridine rings is 1. The fourth-order valence-corrected chi connectivity index (χ4v) is 2.18. The predicted molar refractivity (Wildman–Crippen MR) is 90.5 cm³/mol. The highest BCUT2D eigenvalue weighted by molar-refractivity contribution is 6.01. The molecule has 1 rings (SSSR count). The monoisotopic (exact) mass is 336 g/mol. The van der Waals surface area contributed by atoms with Crippen molar-refractivity contribution >= 4 is 29.2 Å². The number of carboxylic acid groups (broad SMARTS) is 1. The first kappa shape index (κ1) is 19.4. The number of carbonyl (C=O) groups is 3. The van der Waals surface area contributed by atoms with Crippen LogP contribution in [0.1, 0.15) is 50.9 Å². The van der Waals surface area contributed by atoms with Gasteiger partial charge in [0.25, 0.3) is 0 Å². The Labute approximate surface area is 140 Å². The second-order valence-electron chi connectivity index (χ2n) is 6.71. The number of amides is 2. The SMILES string of the molecule is CC(C)CC(=O)NC(C)(C)CC(=O)Nc1cncc(C(=O)O)c1N. The third-order valence-corrected chi connectivity index (χ3v) is 3.17. The van der Waals surface area contributed by atoms with E-state index in [-0.39, 0.29) is 35.2 Å². The number of rotatable bonds is 7. The van der Waals surface area contributed by atoms with Gasteiger partial charge in [-0.15, -0.1) is 0 Å². The number of nitrogen functional groups attached to an aromatic ring is 1. The van der Waals surface area contributed by atoms with Crippen LogP contribution in [-0.4, -0.2) is 33.4 Å².